The summed E-state index contributed by atoms with van der Waals surface area (Å²) in [5, 5.41) is 10.5. The zero-order valence-corrected chi connectivity index (χ0v) is 11.7. The lowest BCUT2D eigenvalue weighted by Gasteiger charge is -2.40. The largest absolute Gasteiger partial charge is 0.460 e. The Labute approximate surface area is 116 Å². The molecule has 7 atom stereocenters. The molecule has 4 aliphatic rings. The second-order valence-electron chi connectivity index (χ2n) is 7.38. The highest BCUT2D eigenvalue weighted by Gasteiger charge is 2.81. The van der Waals surface area contributed by atoms with Gasteiger partial charge in [0, 0.05) is 5.92 Å². The second kappa shape index (κ2) is 3.36. The third-order valence-electron chi connectivity index (χ3n) is 5.52. The summed E-state index contributed by atoms with van der Waals surface area (Å²) in [4.78, 5) is 23.7. The molecule has 3 heterocycles. The lowest BCUT2D eigenvalue weighted by molar-refractivity contribution is -0.180. The van der Waals surface area contributed by atoms with Gasteiger partial charge >= 0.3 is 11.9 Å². The number of carbonyl (C=O) groups excluding carboxylic acids is 2. The summed E-state index contributed by atoms with van der Waals surface area (Å²) in [6, 6.07) is 0. The van der Waals surface area contributed by atoms with Gasteiger partial charge in [-0.2, -0.15) is 0 Å². The maximum Gasteiger partial charge on any atom is 0.338 e. The van der Waals surface area contributed by atoms with E-state index in [1.807, 2.05) is 0 Å². The van der Waals surface area contributed by atoms with E-state index in [9.17, 15) is 14.7 Å². The highest BCUT2D eigenvalue weighted by molar-refractivity contribution is 5.83. The third-order valence-corrected chi connectivity index (χ3v) is 5.52. The number of hydrogen-bond acceptors (Lipinski definition) is 6. The van der Waals surface area contributed by atoms with E-state index in [0.29, 0.717) is 6.42 Å². The Morgan fingerprint density at radius 2 is 1.90 bits per heavy atom. The predicted molar refractivity (Wildman–Crippen MR) is 64.1 cm³/mol. The van der Waals surface area contributed by atoms with Crippen LogP contribution in [0.1, 0.15) is 27.2 Å². The normalized spacial score (nSPS) is 52.8. The van der Waals surface area contributed by atoms with Gasteiger partial charge in [0.05, 0.1) is 5.41 Å². The van der Waals surface area contributed by atoms with E-state index < -0.39 is 35.9 Å². The van der Waals surface area contributed by atoms with Gasteiger partial charge in [0.1, 0.15) is 6.10 Å². The van der Waals surface area contributed by atoms with Crippen LogP contribution in [0.3, 0.4) is 0 Å². The molecule has 6 nitrogen and oxygen atoms in total. The molecular weight excluding hydrogens is 264 g/mol. The molecule has 1 spiro atoms. The molecule has 3 aliphatic heterocycles. The zero-order valence-electron chi connectivity index (χ0n) is 11.7. The van der Waals surface area contributed by atoms with Crippen molar-refractivity contribution in [2.45, 2.75) is 51.8 Å². The van der Waals surface area contributed by atoms with Crippen molar-refractivity contribution < 1.29 is 28.9 Å². The molecule has 1 N–H and O–H groups in total. The first-order valence-corrected chi connectivity index (χ1v) is 7.02. The van der Waals surface area contributed by atoms with Crippen LogP contribution in [0, 0.1) is 22.7 Å². The molecule has 4 rings (SSSR count). The monoisotopic (exact) mass is 282 g/mol. The fourth-order valence-electron chi connectivity index (χ4n) is 4.90. The summed E-state index contributed by atoms with van der Waals surface area (Å²) in [5.74, 6) is -1.34. The van der Waals surface area contributed by atoms with Gasteiger partial charge in [-0.3, -0.25) is 0 Å². The van der Waals surface area contributed by atoms with Gasteiger partial charge in [-0.15, -0.1) is 0 Å². The maximum absolute atomic E-state index is 11.8. The van der Waals surface area contributed by atoms with Crippen LogP contribution in [0.5, 0.6) is 0 Å². The van der Waals surface area contributed by atoms with Crippen LogP contribution in [0.2, 0.25) is 0 Å². The van der Waals surface area contributed by atoms with Crippen molar-refractivity contribution in [3.8, 4) is 0 Å². The number of hydrogen-bond donors (Lipinski definition) is 1. The Hall–Kier alpha value is -1.14. The van der Waals surface area contributed by atoms with Gasteiger partial charge in [-0.05, 0) is 17.8 Å². The summed E-state index contributed by atoms with van der Waals surface area (Å²) >= 11 is 0. The Balaban J connectivity index is 1.89. The molecule has 0 radical (unpaired) electrons. The van der Waals surface area contributed by atoms with Crippen LogP contribution in [0.4, 0.5) is 0 Å². The van der Waals surface area contributed by atoms with Crippen molar-refractivity contribution in [1.82, 2.24) is 0 Å². The Kier molecular flexibility index (Phi) is 2.12. The van der Waals surface area contributed by atoms with Crippen LogP contribution in [-0.2, 0) is 23.8 Å². The van der Waals surface area contributed by atoms with Crippen LogP contribution in [0.25, 0.3) is 0 Å². The topological polar surface area (TPSA) is 82.1 Å². The molecule has 20 heavy (non-hydrogen) atoms. The van der Waals surface area contributed by atoms with E-state index in [0.717, 1.165) is 0 Å². The molecule has 0 aromatic rings. The SMILES string of the molecule is CC(C)(C)[C@@H]1C[C@H]2OC(=O)[C@H]3O[C@@H]4OC(=O)[C@H](O)C41[C@H]32. The van der Waals surface area contributed by atoms with E-state index >= 15 is 0 Å². The molecule has 0 aromatic carbocycles. The molecule has 6 heteroatoms. The van der Waals surface area contributed by atoms with Crippen LogP contribution >= 0.6 is 0 Å². The van der Waals surface area contributed by atoms with Crippen molar-refractivity contribution in [2.75, 3.05) is 0 Å². The molecule has 3 saturated heterocycles. The number of ether oxygens (including phenoxy) is 3. The van der Waals surface area contributed by atoms with Crippen molar-refractivity contribution >= 4 is 11.9 Å². The molecule has 0 aromatic heterocycles. The van der Waals surface area contributed by atoms with E-state index in [4.69, 9.17) is 14.2 Å². The van der Waals surface area contributed by atoms with Crippen molar-refractivity contribution in [2.24, 2.45) is 22.7 Å². The zero-order chi connectivity index (χ0) is 14.4. The number of rotatable bonds is 0. The van der Waals surface area contributed by atoms with Crippen molar-refractivity contribution in [3.63, 3.8) is 0 Å². The first-order chi connectivity index (χ1) is 9.27. The molecule has 4 fully saturated rings. The number of aliphatic hydroxyl groups excluding tert-OH is 1. The van der Waals surface area contributed by atoms with E-state index in [1.54, 1.807) is 0 Å². The van der Waals surface area contributed by atoms with Crippen LogP contribution < -0.4 is 0 Å². The molecular formula is C14H18O6. The first-order valence-electron chi connectivity index (χ1n) is 7.02. The lowest BCUT2D eigenvalue weighted by Crippen LogP contribution is -2.49. The van der Waals surface area contributed by atoms with E-state index in [1.165, 1.54) is 0 Å². The molecule has 1 unspecified atom stereocenters. The fourth-order valence-corrected chi connectivity index (χ4v) is 4.90. The summed E-state index contributed by atoms with van der Waals surface area (Å²) in [7, 11) is 0. The lowest BCUT2D eigenvalue weighted by atomic mass is 9.61. The van der Waals surface area contributed by atoms with Gasteiger partial charge in [0.15, 0.2) is 12.2 Å². The van der Waals surface area contributed by atoms with Gasteiger partial charge < -0.3 is 19.3 Å². The molecule has 1 saturated carbocycles. The average molecular weight is 282 g/mol. The first kappa shape index (κ1) is 12.6. The van der Waals surface area contributed by atoms with Crippen LogP contribution in [-0.4, -0.2) is 41.6 Å². The van der Waals surface area contributed by atoms with Crippen LogP contribution in [0.15, 0.2) is 0 Å². The van der Waals surface area contributed by atoms with Gasteiger partial charge in [0.25, 0.3) is 0 Å². The minimum atomic E-state index is -1.24. The highest BCUT2D eigenvalue weighted by Crippen LogP contribution is 2.68. The maximum atomic E-state index is 11.8. The molecule has 1 aliphatic carbocycles. The third kappa shape index (κ3) is 1.14. The van der Waals surface area contributed by atoms with Gasteiger partial charge in [-0.1, -0.05) is 20.8 Å². The Morgan fingerprint density at radius 1 is 1.20 bits per heavy atom. The Bertz CT molecular complexity index is 508. The number of aliphatic hydroxyl groups is 1. The Morgan fingerprint density at radius 3 is 2.55 bits per heavy atom. The minimum Gasteiger partial charge on any atom is -0.460 e. The summed E-state index contributed by atoms with van der Waals surface area (Å²) in [6.07, 6.45) is -2.43. The fraction of sp³-hybridized carbons (Fsp3) is 0.857. The quantitative estimate of drug-likeness (QED) is 0.640. The number of esters is 2. The average Bonchev–Trinajstić information content (AvgIpc) is 2.96. The molecule has 110 valence electrons. The van der Waals surface area contributed by atoms with E-state index in [2.05, 4.69) is 20.8 Å². The summed E-state index contributed by atoms with van der Waals surface area (Å²) in [5.41, 5.74) is -1.00. The predicted octanol–water partition coefficient (Wildman–Crippen LogP) is 0.223. The standard InChI is InChI=1S/C14H18O6/c1-13(2,3)6-4-5-7-8(10(16)18-5)19-12-14(6,7)9(15)11(17)20-12/h5-9,12,15H,4H2,1-3H3/t5-,6+,7+,8+,9+,12-,14?/m1/s1. The van der Waals surface area contributed by atoms with Gasteiger partial charge in [0.2, 0.25) is 6.29 Å². The second-order valence-corrected chi connectivity index (χ2v) is 7.38. The molecule has 0 bridgehead atoms. The molecule has 0 amide bonds. The van der Waals surface area contributed by atoms with Crippen molar-refractivity contribution in [3.05, 3.63) is 0 Å². The summed E-state index contributed by atoms with van der Waals surface area (Å²) in [6.45, 7) is 6.19. The van der Waals surface area contributed by atoms with Gasteiger partial charge in [-0.25, -0.2) is 9.59 Å². The smallest absolute Gasteiger partial charge is 0.338 e. The highest BCUT2D eigenvalue weighted by atomic mass is 16.7. The minimum absolute atomic E-state index is 0.00505. The van der Waals surface area contributed by atoms with E-state index in [-0.39, 0.29) is 23.4 Å². The summed E-state index contributed by atoms with van der Waals surface area (Å²) < 4.78 is 16.2. The number of carbonyl (C=O) groups is 2. The van der Waals surface area contributed by atoms with Crippen molar-refractivity contribution in [1.29, 1.82) is 0 Å².